The average Bonchev–Trinajstić information content (AvgIpc) is 1.68. The molecule has 0 radical (unpaired) electrons. The summed E-state index contributed by atoms with van der Waals surface area (Å²) in [6, 6.07) is 0. The number of carbonyl (C=O) groups is 1. The molecule has 0 aliphatic heterocycles. The van der Waals surface area contributed by atoms with E-state index in [1.54, 1.807) is 0 Å². The lowest BCUT2D eigenvalue weighted by atomic mass is 10.8. The molecule has 0 spiro atoms. The van der Waals surface area contributed by atoms with Gasteiger partial charge in [-0.2, -0.15) is 0 Å². The second-order valence-electron chi connectivity index (χ2n) is 0.699. The van der Waals surface area contributed by atoms with Gasteiger partial charge in [0, 0.05) is 0 Å². The van der Waals surface area contributed by atoms with Gasteiger partial charge in [0.1, 0.15) is 5.33 Å². The minimum absolute atomic E-state index is 0.181. The Morgan fingerprint density at radius 3 is 2.71 bits per heavy atom. The average molecular weight is 186 g/mol. The molecule has 0 unspecified atom stereocenters. The van der Waals surface area contributed by atoms with Crippen molar-refractivity contribution >= 4 is 34.7 Å². The van der Waals surface area contributed by atoms with Gasteiger partial charge in [-0.15, -0.1) is 0 Å². The molecule has 0 amide bonds. The quantitative estimate of drug-likeness (QED) is 0.369. The number of carbonyl (C=O) groups excluding carboxylic acids is 1. The van der Waals surface area contributed by atoms with E-state index in [1.165, 1.54) is 0 Å². The van der Waals surface area contributed by atoms with E-state index in [4.69, 9.17) is 0 Å². The van der Waals surface area contributed by atoms with Gasteiger partial charge in [-0.3, -0.25) is 0 Å². The van der Waals surface area contributed by atoms with E-state index < -0.39 is 5.97 Å². The van der Waals surface area contributed by atoms with Crippen LogP contribution in [0.1, 0.15) is 0 Å². The molecule has 0 heterocycles. The smallest absolute Gasteiger partial charge is 0.336 e. The zero-order valence-electron chi connectivity index (χ0n) is 3.35. The maximum Gasteiger partial charge on any atom is 0.336 e. The highest BCUT2D eigenvalue weighted by molar-refractivity contribution is 9.09. The summed E-state index contributed by atoms with van der Waals surface area (Å²) in [5.74, 6) is -0.394. The lowest BCUT2D eigenvalue weighted by Gasteiger charge is -1.92. The van der Waals surface area contributed by atoms with Crippen molar-refractivity contribution in [1.29, 1.82) is 0 Å². The SMILES string of the molecule is O=C(CBr)ONS. The van der Waals surface area contributed by atoms with Crippen molar-refractivity contribution < 1.29 is 9.63 Å². The van der Waals surface area contributed by atoms with Gasteiger partial charge >= 0.3 is 5.97 Å². The molecule has 0 fully saturated rings. The van der Waals surface area contributed by atoms with Crippen LogP contribution in [-0.4, -0.2) is 11.3 Å². The van der Waals surface area contributed by atoms with Crippen LogP contribution < -0.4 is 4.89 Å². The van der Waals surface area contributed by atoms with Crippen molar-refractivity contribution in [2.24, 2.45) is 0 Å². The molecule has 0 aromatic rings. The molecule has 42 valence electrons. The Kier molecular flexibility index (Phi) is 4.58. The van der Waals surface area contributed by atoms with Gasteiger partial charge in [-0.05, 0) is 0 Å². The molecule has 0 atom stereocenters. The summed E-state index contributed by atoms with van der Waals surface area (Å²) in [4.78, 5) is 16.1. The zero-order valence-corrected chi connectivity index (χ0v) is 5.83. The number of halogens is 1. The minimum Gasteiger partial charge on any atom is -0.359 e. The van der Waals surface area contributed by atoms with Crippen LogP contribution in [0.4, 0.5) is 0 Å². The summed E-state index contributed by atoms with van der Waals surface area (Å²) in [5, 5.41) is 0.181. The predicted molar refractivity (Wildman–Crippen MR) is 32.0 cm³/mol. The molecule has 7 heavy (non-hydrogen) atoms. The van der Waals surface area contributed by atoms with Gasteiger partial charge in [-0.1, -0.05) is 33.6 Å². The van der Waals surface area contributed by atoms with E-state index in [1.807, 2.05) is 4.89 Å². The van der Waals surface area contributed by atoms with Crippen molar-refractivity contribution in [3.8, 4) is 0 Å². The lowest BCUT2D eigenvalue weighted by molar-refractivity contribution is -0.143. The fraction of sp³-hybridized carbons (Fsp3) is 0.500. The van der Waals surface area contributed by atoms with Crippen LogP contribution in [0.2, 0.25) is 0 Å². The Morgan fingerprint density at radius 2 is 2.57 bits per heavy atom. The molecule has 5 heteroatoms. The number of alkyl halides is 1. The van der Waals surface area contributed by atoms with Gasteiger partial charge < -0.3 is 4.84 Å². The van der Waals surface area contributed by atoms with E-state index in [2.05, 4.69) is 33.6 Å². The van der Waals surface area contributed by atoms with Crippen molar-refractivity contribution in [3.63, 3.8) is 0 Å². The molecule has 1 N–H and O–H groups in total. The Labute approximate surface area is 55.0 Å². The standard InChI is InChI=1S/C2H4BrNO2S/c3-1-2(5)6-4-7/h4,7H,1H2. The van der Waals surface area contributed by atoms with E-state index in [0.29, 0.717) is 0 Å². The third kappa shape index (κ3) is 4.11. The summed E-state index contributed by atoms with van der Waals surface area (Å²) in [6.45, 7) is 0. The maximum absolute atomic E-state index is 10.0. The van der Waals surface area contributed by atoms with Gasteiger partial charge in [-0.25, -0.2) is 4.79 Å². The molecule has 0 aliphatic rings. The van der Waals surface area contributed by atoms with Gasteiger partial charge in [0.2, 0.25) is 0 Å². The van der Waals surface area contributed by atoms with Crippen LogP contribution >= 0.6 is 28.7 Å². The highest BCUT2D eigenvalue weighted by Gasteiger charge is 1.93. The summed E-state index contributed by atoms with van der Waals surface area (Å²) in [6.07, 6.45) is 0. The Morgan fingerprint density at radius 1 is 2.00 bits per heavy atom. The van der Waals surface area contributed by atoms with Gasteiger partial charge in [0.15, 0.2) is 0 Å². The van der Waals surface area contributed by atoms with Crippen molar-refractivity contribution in [1.82, 2.24) is 4.89 Å². The van der Waals surface area contributed by atoms with Crippen LogP contribution in [0.3, 0.4) is 0 Å². The second kappa shape index (κ2) is 4.42. The normalized spacial score (nSPS) is 8.29. The van der Waals surface area contributed by atoms with E-state index in [0.717, 1.165) is 0 Å². The first-order valence-electron chi connectivity index (χ1n) is 1.46. The highest BCUT2D eigenvalue weighted by atomic mass is 79.9. The summed E-state index contributed by atoms with van der Waals surface area (Å²) in [7, 11) is 0. The van der Waals surface area contributed by atoms with Gasteiger partial charge in [0.25, 0.3) is 0 Å². The van der Waals surface area contributed by atoms with Crippen LogP contribution in [0.5, 0.6) is 0 Å². The number of hydrogen-bond acceptors (Lipinski definition) is 4. The van der Waals surface area contributed by atoms with Gasteiger partial charge in [0.05, 0.1) is 0 Å². The van der Waals surface area contributed by atoms with E-state index >= 15 is 0 Å². The molecular weight excluding hydrogens is 182 g/mol. The number of hydrogen-bond donors (Lipinski definition) is 2. The van der Waals surface area contributed by atoms with E-state index in [9.17, 15) is 4.79 Å². The maximum atomic E-state index is 10.0. The Bertz CT molecular complexity index is 68.7. The first-order valence-corrected chi connectivity index (χ1v) is 3.03. The molecule has 0 aliphatic carbocycles. The van der Waals surface area contributed by atoms with Crippen LogP contribution in [0.15, 0.2) is 0 Å². The fourth-order valence-electron chi connectivity index (χ4n) is 0.0782. The fourth-order valence-corrected chi connectivity index (χ4v) is 0.294. The number of nitrogens with one attached hydrogen (secondary N) is 1. The Balaban J connectivity index is 3.00. The second-order valence-corrected chi connectivity index (χ2v) is 1.44. The highest BCUT2D eigenvalue weighted by Crippen LogP contribution is 1.81. The largest absolute Gasteiger partial charge is 0.359 e. The molecule has 0 rings (SSSR count). The molecule has 0 saturated carbocycles. The molecule has 0 aromatic carbocycles. The van der Waals surface area contributed by atoms with Crippen molar-refractivity contribution in [2.75, 3.05) is 5.33 Å². The number of thiol groups is 1. The van der Waals surface area contributed by atoms with Crippen LogP contribution in [-0.2, 0) is 9.63 Å². The topological polar surface area (TPSA) is 38.3 Å². The zero-order chi connectivity index (χ0) is 5.70. The minimum atomic E-state index is -0.394. The first kappa shape index (κ1) is 7.26. The molecule has 0 aromatic heterocycles. The van der Waals surface area contributed by atoms with Crippen molar-refractivity contribution in [2.45, 2.75) is 0 Å². The van der Waals surface area contributed by atoms with Crippen molar-refractivity contribution in [3.05, 3.63) is 0 Å². The first-order chi connectivity index (χ1) is 3.31. The number of rotatable bonds is 2. The lowest BCUT2D eigenvalue weighted by Crippen LogP contribution is -2.11. The summed E-state index contributed by atoms with van der Waals surface area (Å²) < 4.78 is 0. The van der Waals surface area contributed by atoms with Crippen LogP contribution in [0, 0.1) is 0 Å². The Hall–Kier alpha value is 0.260. The van der Waals surface area contributed by atoms with E-state index in [-0.39, 0.29) is 5.33 Å². The molecule has 0 saturated heterocycles. The third-order valence-corrected chi connectivity index (χ3v) is 0.818. The monoisotopic (exact) mass is 185 g/mol. The van der Waals surface area contributed by atoms with Crippen LogP contribution in [0.25, 0.3) is 0 Å². The summed E-state index contributed by atoms with van der Waals surface area (Å²) >= 11 is 6.27. The molecule has 0 bridgehead atoms. The molecular formula is C2H4BrNO2S. The summed E-state index contributed by atoms with van der Waals surface area (Å²) in [5.41, 5.74) is 0. The third-order valence-electron chi connectivity index (χ3n) is 0.269. The predicted octanol–water partition coefficient (Wildman–Crippen LogP) is 0.274. The molecule has 3 nitrogen and oxygen atoms in total.